The lowest BCUT2D eigenvalue weighted by Gasteiger charge is -2.25. The maximum atomic E-state index is 13.1. The molecule has 1 atom stereocenters. The summed E-state index contributed by atoms with van der Waals surface area (Å²) in [5, 5.41) is 11.3. The van der Waals surface area contributed by atoms with E-state index in [1.807, 2.05) is 44.2 Å². The van der Waals surface area contributed by atoms with Crippen LogP contribution in [-0.2, 0) is 9.59 Å². The molecule has 3 rings (SSSR count). The van der Waals surface area contributed by atoms with Gasteiger partial charge in [0.2, 0.25) is 0 Å². The monoisotopic (exact) mass is 451 g/mol. The van der Waals surface area contributed by atoms with Crippen molar-refractivity contribution in [1.82, 2.24) is 4.90 Å². The maximum absolute atomic E-state index is 13.1. The van der Waals surface area contributed by atoms with Crippen molar-refractivity contribution in [2.24, 2.45) is 0 Å². The Morgan fingerprint density at radius 1 is 1.03 bits per heavy atom. The van der Waals surface area contributed by atoms with Gasteiger partial charge in [-0.05, 0) is 49.6 Å². The number of aliphatic hydroxyl groups is 1. The van der Waals surface area contributed by atoms with Crippen molar-refractivity contribution in [3.63, 3.8) is 0 Å². The zero-order valence-corrected chi connectivity index (χ0v) is 19.9. The molecule has 0 aromatic heterocycles. The number of likely N-dealkylation sites (tertiary alicyclic amines) is 1. The van der Waals surface area contributed by atoms with Crippen molar-refractivity contribution >= 4 is 17.4 Å². The second-order valence-electron chi connectivity index (χ2n) is 8.32. The van der Waals surface area contributed by atoms with Gasteiger partial charge >= 0.3 is 0 Å². The van der Waals surface area contributed by atoms with Gasteiger partial charge in [0.05, 0.1) is 30.9 Å². The number of carbonyl (C=O) groups excluding carboxylic acids is 2. The van der Waals surface area contributed by atoms with E-state index in [1.54, 1.807) is 12.1 Å². The van der Waals surface area contributed by atoms with Crippen LogP contribution >= 0.6 is 0 Å². The Labute approximate surface area is 195 Å². The highest BCUT2D eigenvalue weighted by Gasteiger charge is 2.45. The average Bonchev–Trinajstić information content (AvgIpc) is 3.07. The Bertz CT molecular complexity index is 1030. The van der Waals surface area contributed by atoms with Crippen molar-refractivity contribution in [3.05, 3.63) is 64.7 Å². The molecule has 1 N–H and O–H groups in total. The summed E-state index contributed by atoms with van der Waals surface area (Å²) in [5.74, 6) is -0.335. The average molecular weight is 452 g/mol. The van der Waals surface area contributed by atoms with Crippen LogP contribution in [0.3, 0.4) is 0 Å². The first kappa shape index (κ1) is 24.4. The van der Waals surface area contributed by atoms with E-state index in [9.17, 15) is 14.7 Å². The van der Waals surface area contributed by atoms with E-state index < -0.39 is 17.7 Å². The summed E-state index contributed by atoms with van der Waals surface area (Å²) >= 11 is 0. The van der Waals surface area contributed by atoms with Crippen molar-refractivity contribution in [2.75, 3.05) is 20.3 Å². The number of nitrogens with zero attached hydrogens (tertiary/aromatic N) is 1. The molecule has 6 nitrogen and oxygen atoms in total. The fourth-order valence-corrected chi connectivity index (χ4v) is 4.14. The van der Waals surface area contributed by atoms with Crippen LogP contribution < -0.4 is 9.47 Å². The van der Waals surface area contributed by atoms with Crippen molar-refractivity contribution in [3.8, 4) is 11.5 Å². The van der Waals surface area contributed by atoms with E-state index in [0.29, 0.717) is 30.9 Å². The minimum Gasteiger partial charge on any atom is -0.507 e. The molecular weight excluding hydrogens is 418 g/mol. The molecule has 0 saturated carbocycles. The highest BCUT2D eigenvalue weighted by Crippen LogP contribution is 2.41. The number of carbonyl (C=O) groups is 2. The van der Waals surface area contributed by atoms with Crippen LogP contribution in [0.4, 0.5) is 0 Å². The first-order chi connectivity index (χ1) is 15.9. The van der Waals surface area contributed by atoms with Gasteiger partial charge in [-0.15, -0.1) is 0 Å². The molecule has 2 aromatic rings. The highest BCUT2D eigenvalue weighted by molar-refractivity contribution is 6.46. The van der Waals surface area contributed by atoms with Gasteiger partial charge in [0.25, 0.3) is 11.7 Å². The minimum atomic E-state index is -0.686. The smallest absolute Gasteiger partial charge is 0.295 e. The molecule has 33 heavy (non-hydrogen) atoms. The van der Waals surface area contributed by atoms with E-state index in [0.717, 1.165) is 36.1 Å². The highest BCUT2D eigenvalue weighted by atomic mass is 16.5. The van der Waals surface area contributed by atoms with E-state index in [1.165, 1.54) is 12.0 Å². The van der Waals surface area contributed by atoms with Crippen molar-refractivity contribution < 1.29 is 24.2 Å². The standard InChI is InChI=1S/C27H33NO5/c1-5-7-8-16-33-20-12-10-19(11-13-20)24-23(26(30)27(31)28(24)15-6-2)25(29)21-17-18(3)9-14-22(21)32-4/h9-14,17,24,29H,5-8,15-16H2,1-4H3/b25-23+. The third-order valence-electron chi connectivity index (χ3n) is 5.83. The predicted octanol–water partition coefficient (Wildman–Crippen LogP) is 5.40. The number of ether oxygens (including phenoxy) is 2. The second kappa shape index (κ2) is 11.0. The number of ketones is 1. The molecule has 0 bridgehead atoms. The number of hydrogen-bond acceptors (Lipinski definition) is 5. The molecule has 1 saturated heterocycles. The van der Waals surface area contributed by atoms with Crippen LogP contribution in [0.2, 0.25) is 0 Å². The van der Waals surface area contributed by atoms with Gasteiger partial charge in [-0.25, -0.2) is 0 Å². The predicted molar refractivity (Wildman–Crippen MR) is 128 cm³/mol. The Morgan fingerprint density at radius 2 is 1.76 bits per heavy atom. The van der Waals surface area contributed by atoms with Crippen LogP contribution in [0.25, 0.3) is 5.76 Å². The Kier molecular flexibility index (Phi) is 8.15. The zero-order chi connectivity index (χ0) is 24.0. The van der Waals surface area contributed by atoms with E-state index in [2.05, 4.69) is 6.92 Å². The van der Waals surface area contributed by atoms with E-state index in [-0.39, 0.29) is 11.3 Å². The topological polar surface area (TPSA) is 76.1 Å². The molecule has 1 unspecified atom stereocenters. The van der Waals surface area contributed by atoms with Crippen LogP contribution in [0, 0.1) is 6.92 Å². The van der Waals surface area contributed by atoms with E-state index in [4.69, 9.17) is 9.47 Å². The Hall–Kier alpha value is -3.28. The maximum Gasteiger partial charge on any atom is 0.295 e. The summed E-state index contributed by atoms with van der Waals surface area (Å²) in [5.41, 5.74) is 2.12. The summed E-state index contributed by atoms with van der Waals surface area (Å²) in [6, 6.07) is 12.1. The van der Waals surface area contributed by atoms with Gasteiger partial charge in [-0.3, -0.25) is 9.59 Å². The number of rotatable bonds is 10. The van der Waals surface area contributed by atoms with Crippen molar-refractivity contribution in [2.45, 2.75) is 52.5 Å². The molecule has 2 aromatic carbocycles. The Balaban J connectivity index is 2.04. The molecule has 176 valence electrons. The fraction of sp³-hybridized carbons (Fsp3) is 0.407. The zero-order valence-electron chi connectivity index (χ0n) is 19.9. The first-order valence-corrected chi connectivity index (χ1v) is 11.6. The minimum absolute atomic E-state index is 0.0777. The lowest BCUT2D eigenvalue weighted by atomic mass is 9.94. The summed E-state index contributed by atoms with van der Waals surface area (Å²) in [7, 11) is 1.51. The number of aryl methyl sites for hydroxylation is 1. The van der Waals surface area contributed by atoms with Crippen molar-refractivity contribution in [1.29, 1.82) is 0 Å². The number of unbranched alkanes of at least 4 members (excludes halogenated alkanes) is 2. The largest absolute Gasteiger partial charge is 0.507 e. The van der Waals surface area contributed by atoms with Gasteiger partial charge in [-0.1, -0.05) is 50.5 Å². The molecule has 1 aliphatic rings. The van der Waals surface area contributed by atoms with Crippen LogP contribution in [-0.4, -0.2) is 42.0 Å². The van der Waals surface area contributed by atoms with Crippen LogP contribution in [0.5, 0.6) is 11.5 Å². The quantitative estimate of drug-likeness (QED) is 0.226. The third-order valence-corrected chi connectivity index (χ3v) is 5.83. The summed E-state index contributed by atoms with van der Waals surface area (Å²) in [6.07, 6.45) is 3.93. The molecule has 0 aliphatic carbocycles. The van der Waals surface area contributed by atoms with Gasteiger partial charge < -0.3 is 19.5 Å². The number of benzene rings is 2. The summed E-state index contributed by atoms with van der Waals surface area (Å²) in [6.45, 7) is 7.05. The van der Waals surface area contributed by atoms with Gasteiger partial charge in [0, 0.05) is 6.54 Å². The molecule has 1 fully saturated rings. The van der Waals surface area contributed by atoms with Gasteiger partial charge in [-0.2, -0.15) is 0 Å². The van der Waals surface area contributed by atoms with Crippen LogP contribution in [0.1, 0.15) is 62.3 Å². The van der Waals surface area contributed by atoms with Crippen LogP contribution in [0.15, 0.2) is 48.0 Å². The molecule has 6 heteroatoms. The van der Waals surface area contributed by atoms with Gasteiger partial charge in [0.15, 0.2) is 0 Å². The second-order valence-corrected chi connectivity index (χ2v) is 8.32. The molecule has 1 heterocycles. The molecular formula is C27H33NO5. The third kappa shape index (κ3) is 5.21. The molecule has 0 radical (unpaired) electrons. The molecule has 1 amide bonds. The fourth-order valence-electron chi connectivity index (χ4n) is 4.14. The Morgan fingerprint density at radius 3 is 2.39 bits per heavy atom. The lowest BCUT2D eigenvalue weighted by molar-refractivity contribution is -0.139. The molecule has 1 aliphatic heterocycles. The lowest BCUT2D eigenvalue weighted by Crippen LogP contribution is -2.30. The summed E-state index contributed by atoms with van der Waals surface area (Å²) < 4.78 is 11.2. The number of hydrogen-bond donors (Lipinski definition) is 1. The number of aliphatic hydroxyl groups excluding tert-OH is 1. The number of Topliss-reactive ketones (excluding diaryl/α,β-unsaturated/α-hetero) is 1. The molecule has 0 spiro atoms. The SMILES string of the molecule is CCCCCOc1ccc(C2/C(=C(\O)c3cc(C)ccc3OC)C(=O)C(=O)N2CCC)cc1. The number of amides is 1. The van der Waals surface area contributed by atoms with Gasteiger partial charge in [0.1, 0.15) is 17.3 Å². The normalized spacial score (nSPS) is 17.5. The summed E-state index contributed by atoms with van der Waals surface area (Å²) in [4.78, 5) is 27.5. The number of methoxy groups -OCH3 is 1. The van der Waals surface area contributed by atoms with E-state index >= 15 is 0 Å². The first-order valence-electron chi connectivity index (χ1n) is 11.6.